The van der Waals surface area contributed by atoms with E-state index in [1.807, 2.05) is 35.8 Å². The van der Waals surface area contributed by atoms with E-state index in [1.54, 1.807) is 7.05 Å². The van der Waals surface area contributed by atoms with E-state index in [2.05, 4.69) is 20.4 Å². The van der Waals surface area contributed by atoms with Crippen molar-refractivity contribution in [2.45, 2.75) is 20.0 Å². The van der Waals surface area contributed by atoms with Crippen LogP contribution < -0.4 is 10.9 Å². The summed E-state index contributed by atoms with van der Waals surface area (Å²) in [6.45, 7) is 2.50. The topological polar surface area (TPSA) is 99.6 Å². The third kappa shape index (κ3) is 2.53. The van der Waals surface area contributed by atoms with Crippen LogP contribution in [0.2, 0.25) is 0 Å². The fourth-order valence-electron chi connectivity index (χ4n) is 2.99. The Bertz CT molecular complexity index is 1180. The number of hydrogen-bond donors (Lipinski definition) is 1. The molecule has 26 heavy (non-hydrogen) atoms. The number of fused-ring (bicyclic) bond motifs is 2. The Kier molecular flexibility index (Phi) is 3.76. The number of hydrogen-bond acceptors (Lipinski definition) is 5. The number of carbonyl (C=O) groups is 1. The molecule has 0 spiro atoms. The zero-order chi connectivity index (χ0) is 18.3. The van der Waals surface area contributed by atoms with Crippen LogP contribution in [0.25, 0.3) is 22.1 Å². The first-order valence-electron chi connectivity index (χ1n) is 8.20. The molecule has 0 bridgehead atoms. The van der Waals surface area contributed by atoms with Gasteiger partial charge in [-0.2, -0.15) is 5.10 Å². The van der Waals surface area contributed by atoms with Crippen LogP contribution in [0.1, 0.15) is 6.92 Å². The van der Waals surface area contributed by atoms with Gasteiger partial charge >= 0.3 is 0 Å². The summed E-state index contributed by atoms with van der Waals surface area (Å²) in [5.41, 5.74) is 1.93. The maximum atomic E-state index is 12.5. The molecule has 0 fully saturated rings. The summed E-state index contributed by atoms with van der Waals surface area (Å²) in [5.74, 6) is 0.115. The predicted molar refractivity (Wildman–Crippen MR) is 96.8 cm³/mol. The zero-order valence-electron chi connectivity index (χ0n) is 14.4. The first-order valence-corrected chi connectivity index (χ1v) is 8.20. The van der Waals surface area contributed by atoms with Gasteiger partial charge in [-0.15, -0.1) is 0 Å². The minimum absolute atomic E-state index is 0.149. The molecule has 0 saturated carbocycles. The fourth-order valence-corrected chi connectivity index (χ4v) is 2.99. The van der Waals surface area contributed by atoms with E-state index >= 15 is 0 Å². The lowest BCUT2D eigenvalue weighted by Gasteiger charge is -2.08. The van der Waals surface area contributed by atoms with Gasteiger partial charge in [-0.1, -0.05) is 12.1 Å². The van der Waals surface area contributed by atoms with Crippen molar-refractivity contribution in [3.63, 3.8) is 0 Å². The molecule has 0 aliphatic carbocycles. The van der Waals surface area contributed by atoms with E-state index < -0.39 is 0 Å². The lowest BCUT2D eigenvalue weighted by Crippen LogP contribution is -2.28. The van der Waals surface area contributed by atoms with E-state index in [9.17, 15) is 9.59 Å². The minimum Gasteiger partial charge on any atom is -0.310 e. The summed E-state index contributed by atoms with van der Waals surface area (Å²) in [4.78, 5) is 33.6. The molecule has 1 amide bonds. The Labute approximate surface area is 147 Å². The molecule has 0 aliphatic rings. The summed E-state index contributed by atoms with van der Waals surface area (Å²) < 4.78 is 4.70. The summed E-state index contributed by atoms with van der Waals surface area (Å²) in [7, 11) is 1.71. The average molecular weight is 351 g/mol. The maximum absolute atomic E-state index is 12.5. The molecular formula is C17H17N7O2. The number of anilines is 1. The molecule has 3 aromatic heterocycles. The average Bonchev–Trinajstić information content (AvgIpc) is 3.17. The van der Waals surface area contributed by atoms with Crippen LogP contribution in [0.15, 0.2) is 41.6 Å². The number of para-hydroxylation sites is 2. The molecule has 0 radical (unpaired) electrons. The van der Waals surface area contributed by atoms with Crippen molar-refractivity contribution in [2.24, 2.45) is 7.05 Å². The number of amides is 1. The van der Waals surface area contributed by atoms with Gasteiger partial charge in [-0.3, -0.25) is 24.2 Å². The number of rotatable bonds is 4. The third-order valence-corrected chi connectivity index (χ3v) is 4.25. The molecule has 3 heterocycles. The van der Waals surface area contributed by atoms with Crippen molar-refractivity contribution in [2.75, 3.05) is 5.32 Å². The molecule has 9 nitrogen and oxygen atoms in total. The standard InChI is InChI=1S/C17H17N7O2/c1-3-24-13-7-5-4-6-12(13)20-17(24)21-14(25)9-23-10-18-15-11(16(23)26)8-19-22(15)2/h4-8,10H,3,9H2,1-2H3,(H,20,21,25). The highest BCUT2D eigenvalue weighted by molar-refractivity contribution is 5.91. The molecule has 4 aromatic rings. The van der Waals surface area contributed by atoms with Gasteiger partial charge in [0.05, 0.1) is 17.2 Å². The number of nitrogens with one attached hydrogen (secondary N) is 1. The van der Waals surface area contributed by atoms with E-state index in [0.29, 0.717) is 23.5 Å². The fraction of sp³-hybridized carbons (Fsp3) is 0.235. The van der Waals surface area contributed by atoms with Crippen molar-refractivity contribution in [1.82, 2.24) is 28.9 Å². The molecule has 1 aromatic carbocycles. The maximum Gasteiger partial charge on any atom is 0.264 e. The molecule has 0 saturated heterocycles. The van der Waals surface area contributed by atoms with Gasteiger partial charge in [-0.25, -0.2) is 9.97 Å². The van der Waals surface area contributed by atoms with Gasteiger partial charge in [0.15, 0.2) is 5.65 Å². The van der Waals surface area contributed by atoms with Gasteiger partial charge in [0.1, 0.15) is 18.3 Å². The minimum atomic E-state index is -0.345. The number of nitrogens with zero attached hydrogens (tertiary/aromatic N) is 6. The third-order valence-electron chi connectivity index (χ3n) is 4.25. The van der Waals surface area contributed by atoms with E-state index in [4.69, 9.17) is 0 Å². The van der Waals surface area contributed by atoms with Crippen LogP contribution >= 0.6 is 0 Å². The Morgan fingerprint density at radius 2 is 2.08 bits per heavy atom. The molecule has 4 rings (SSSR count). The molecule has 132 valence electrons. The smallest absolute Gasteiger partial charge is 0.264 e. The van der Waals surface area contributed by atoms with Crippen LogP contribution in [-0.4, -0.2) is 34.8 Å². The molecule has 0 unspecified atom stereocenters. The lowest BCUT2D eigenvalue weighted by molar-refractivity contribution is -0.116. The van der Waals surface area contributed by atoms with E-state index in [1.165, 1.54) is 21.8 Å². The number of carbonyl (C=O) groups excluding carboxylic acids is 1. The van der Waals surface area contributed by atoms with Crippen molar-refractivity contribution in [1.29, 1.82) is 0 Å². The number of aromatic nitrogens is 6. The molecule has 0 aliphatic heterocycles. The second-order valence-corrected chi connectivity index (χ2v) is 5.90. The number of imidazole rings is 1. The van der Waals surface area contributed by atoms with Gasteiger partial charge in [0.2, 0.25) is 11.9 Å². The largest absolute Gasteiger partial charge is 0.310 e. The monoisotopic (exact) mass is 351 g/mol. The predicted octanol–water partition coefficient (Wildman–Crippen LogP) is 1.14. The first-order chi connectivity index (χ1) is 12.6. The second kappa shape index (κ2) is 6.10. The summed E-state index contributed by atoms with van der Waals surface area (Å²) in [6.07, 6.45) is 2.81. The van der Waals surface area contributed by atoms with E-state index in [0.717, 1.165) is 11.0 Å². The van der Waals surface area contributed by atoms with E-state index in [-0.39, 0.29) is 18.0 Å². The SMILES string of the molecule is CCn1c(NC(=O)Cn2cnc3c(cnn3C)c2=O)nc2ccccc21. The van der Waals surface area contributed by atoms with Crippen molar-refractivity contribution in [3.05, 3.63) is 47.1 Å². The van der Waals surface area contributed by atoms with Gasteiger partial charge in [-0.05, 0) is 19.1 Å². The normalized spacial score (nSPS) is 11.3. The highest BCUT2D eigenvalue weighted by Crippen LogP contribution is 2.19. The summed E-state index contributed by atoms with van der Waals surface area (Å²) >= 11 is 0. The summed E-state index contributed by atoms with van der Waals surface area (Å²) in [5, 5.41) is 7.18. The van der Waals surface area contributed by atoms with Crippen LogP contribution in [0.5, 0.6) is 0 Å². The molecular weight excluding hydrogens is 334 g/mol. The highest BCUT2D eigenvalue weighted by atomic mass is 16.2. The first kappa shape index (κ1) is 16.0. The zero-order valence-corrected chi connectivity index (χ0v) is 14.4. The number of aryl methyl sites for hydroxylation is 2. The lowest BCUT2D eigenvalue weighted by atomic mass is 10.3. The Hall–Kier alpha value is -3.49. The summed E-state index contributed by atoms with van der Waals surface area (Å²) in [6, 6.07) is 7.67. The molecule has 0 atom stereocenters. The Morgan fingerprint density at radius 1 is 1.27 bits per heavy atom. The second-order valence-electron chi connectivity index (χ2n) is 5.90. The van der Waals surface area contributed by atoms with Gasteiger partial charge in [0, 0.05) is 13.6 Å². The molecule has 1 N–H and O–H groups in total. The van der Waals surface area contributed by atoms with Gasteiger partial charge in [0.25, 0.3) is 5.56 Å². The van der Waals surface area contributed by atoms with Crippen molar-refractivity contribution < 1.29 is 4.79 Å². The Balaban J connectivity index is 1.62. The molecule has 9 heteroatoms. The van der Waals surface area contributed by atoms with Crippen molar-refractivity contribution in [3.8, 4) is 0 Å². The van der Waals surface area contributed by atoms with Crippen LogP contribution in [0.4, 0.5) is 5.95 Å². The van der Waals surface area contributed by atoms with Crippen LogP contribution in [0.3, 0.4) is 0 Å². The van der Waals surface area contributed by atoms with Crippen LogP contribution in [0, 0.1) is 0 Å². The number of benzene rings is 1. The van der Waals surface area contributed by atoms with Crippen molar-refractivity contribution >= 4 is 33.9 Å². The highest BCUT2D eigenvalue weighted by Gasteiger charge is 2.14. The quantitative estimate of drug-likeness (QED) is 0.594. The van der Waals surface area contributed by atoms with Gasteiger partial charge < -0.3 is 4.57 Å². The van der Waals surface area contributed by atoms with Crippen LogP contribution in [-0.2, 0) is 24.9 Å². The Morgan fingerprint density at radius 3 is 2.88 bits per heavy atom.